The molecule has 4 heteroatoms. The molecule has 0 saturated carbocycles. The first-order valence-electron chi connectivity index (χ1n) is 3.31. The minimum Gasteiger partial charge on any atom is -0.242 e. The zero-order valence-electron chi connectivity index (χ0n) is 5.89. The molecule has 0 spiro atoms. The molecule has 2 rings (SSSR count). The zero-order valence-corrected chi connectivity index (χ0v) is 7.40. The van der Waals surface area contributed by atoms with Crippen LogP contribution >= 0.6 is 23.4 Å². The molecule has 0 aliphatic rings. The van der Waals surface area contributed by atoms with Crippen LogP contribution in [0.25, 0.3) is 10.9 Å². The average Bonchev–Trinajstić information content (AvgIpc) is 2.31. The summed E-state index contributed by atoms with van der Waals surface area (Å²) in [5, 5.41) is 1.22. The lowest BCUT2D eigenvalue weighted by Crippen LogP contribution is -1.79. The highest BCUT2D eigenvalue weighted by molar-refractivity contribution is 6.35. The molecule has 0 aliphatic heterocycles. The van der Waals surface area contributed by atoms with Crippen molar-refractivity contribution < 1.29 is 4.39 Å². The van der Waals surface area contributed by atoms with Crippen molar-refractivity contribution in [1.82, 2.24) is 4.09 Å². The van der Waals surface area contributed by atoms with Gasteiger partial charge in [-0.15, -0.1) is 0 Å². The van der Waals surface area contributed by atoms with E-state index in [1.54, 1.807) is 12.1 Å². The second kappa shape index (κ2) is 2.64. The molecular weight excluding hydrogens is 200 g/mol. The zero-order chi connectivity index (χ0) is 8.72. The van der Waals surface area contributed by atoms with Gasteiger partial charge in [0.2, 0.25) is 0 Å². The Bertz CT molecular complexity index is 436. The van der Waals surface area contributed by atoms with E-state index in [0.29, 0.717) is 10.7 Å². The van der Waals surface area contributed by atoms with Crippen LogP contribution in [0.4, 0.5) is 4.39 Å². The van der Waals surface area contributed by atoms with Crippen LogP contribution in [0.2, 0.25) is 5.15 Å². The van der Waals surface area contributed by atoms with Crippen molar-refractivity contribution in [3.05, 3.63) is 35.2 Å². The summed E-state index contributed by atoms with van der Waals surface area (Å²) in [6.45, 7) is 0. The molecule has 0 radical (unpaired) electrons. The molecule has 0 bridgehead atoms. The van der Waals surface area contributed by atoms with Crippen LogP contribution in [0.1, 0.15) is 0 Å². The van der Waals surface area contributed by atoms with Crippen LogP contribution in [0.5, 0.6) is 0 Å². The lowest BCUT2D eigenvalue weighted by molar-refractivity contribution is 0.629. The van der Waals surface area contributed by atoms with Gasteiger partial charge in [0.05, 0.1) is 5.52 Å². The van der Waals surface area contributed by atoms with Crippen LogP contribution in [-0.2, 0) is 0 Å². The number of rotatable bonds is 0. The maximum atomic E-state index is 12.7. The number of nitrogens with zero attached hydrogens (tertiary/aromatic N) is 1. The van der Waals surface area contributed by atoms with E-state index in [1.165, 1.54) is 16.2 Å². The van der Waals surface area contributed by atoms with Gasteiger partial charge in [0.1, 0.15) is 11.0 Å². The smallest absolute Gasteiger partial charge is 0.125 e. The van der Waals surface area contributed by atoms with Crippen molar-refractivity contribution >= 4 is 34.3 Å². The third kappa shape index (κ3) is 1.08. The van der Waals surface area contributed by atoms with Crippen LogP contribution in [0, 0.1) is 5.82 Å². The third-order valence-corrected chi connectivity index (χ3v) is 2.40. The predicted octanol–water partition coefficient (Wildman–Crippen LogP) is 3.44. The molecule has 0 aliphatic carbocycles. The van der Waals surface area contributed by atoms with Gasteiger partial charge < -0.3 is 0 Å². The van der Waals surface area contributed by atoms with Gasteiger partial charge in [-0.05, 0) is 24.3 Å². The summed E-state index contributed by atoms with van der Waals surface area (Å²) in [7, 11) is 0. The highest BCUT2D eigenvalue weighted by Gasteiger charge is 2.05. The molecule has 0 unspecified atom stereocenters. The molecule has 0 saturated heterocycles. The third-order valence-electron chi connectivity index (χ3n) is 1.67. The van der Waals surface area contributed by atoms with E-state index in [9.17, 15) is 4.39 Å². The summed E-state index contributed by atoms with van der Waals surface area (Å²) in [4.78, 5) is 0. The van der Waals surface area contributed by atoms with Gasteiger partial charge in [-0.2, -0.15) is 0 Å². The standard InChI is InChI=1S/C8H4Cl2FN/c9-8-3-5-1-2-6(11)4-7(5)12(8)10/h1-4H. The first kappa shape index (κ1) is 7.90. The molecule has 0 amide bonds. The number of halogens is 3. The minimum absolute atomic E-state index is 0.320. The van der Waals surface area contributed by atoms with Crippen molar-refractivity contribution in [2.45, 2.75) is 0 Å². The molecule has 0 fully saturated rings. The molecule has 0 N–H and O–H groups in total. The van der Waals surface area contributed by atoms with E-state index in [-0.39, 0.29) is 5.82 Å². The Balaban J connectivity index is 2.88. The van der Waals surface area contributed by atoms with Crippen LogP contribution in [0.3, 0.4) is 0 Å². The van der Waals surface area contributed by atoms with Crippen LogP contribution < -0.4 is 0 Å². The van der Waals surface area contributed by atoms with Crippen LogP contribution in [-0.4, -0.2) is 4.09 Å². The van der Waals surface area contributed by atoms with Crippen molar-refractivity contribution in [2.24, 2.45) is 0 Å². The number of aromatic nitrogens is 1. The Labute approximate surface area is 78.4 Å². The fraction of sp³-hybridized carbons (Fsp3) is 0. The highest BCUT2D eigenvalue weighted by Crippen LogP contribution is 2.25. The van der Waals surface area contributed by atoms with Crippen molar-refractivity contribution in [1.29, 1.82) is 0 Å². The van der Waals surface area contributed by atoms with Gasteiger partial charge in [0, 0.05) is 17.2 Å². The normalized spacial score (nSPS) is 10.9. The molecule has 12 heavy (non-hydrogen) atoms. The summed E-state index contributed by atoms with van der Waals surface area (Å²) in [6, 6.07) is 6.03. The monoisotopic (exact) mass is 203 g/mol. The molecule has 2 aromatic rings. The number of hydrogen-bond acceptors (Lipinski definition) is 0. The number of hydrogen-bond donors (Lipinski definition) is 0. The summed E-state index contributed by atoms with van der Waals surface area (Å²) in [5.74, 6) is -0.320. The molecule has 1 aromatic carbocycles. The van der Waals surface area contributed by atoms with E-state index in [1.807, 2.05) is 0 Å². The molecule has 1 nitrogen and oxygen atoms in total. The Kier molecular flexibility index (Phi) is 1.74. The van der Waals surface area contributed by atoms with E-state index in [2.05, 4.69) is 0 Å². The van der Waals surface area contributed by atoms with Gasteiger partial charge in [0.25, 0.3) is 0 Å². The lowest BCUT2D eigenvalue weighted by atomic mass is 10.2. The largest absolute Gasteiger partial charge is 0.242 e. The fourth-order valence-corrected chi connectivity index (χ4v) is 1.51. The summed E-state index contributed by atoms with van der Waals surface area (Å²) >= 11 is 11.4. The Morgan fingerprint density at radius 1 is 1.25 bits per heavy atom. The van der Waals surface area contributed by atoms with Gasteiger partial charge in [0.15, 0.2) is 0 Å². The van der Waals surface area contributed by atoms with E-state index in [4.69, 9.17) is 23.4 Å². The van der Waals surface area contributed by atoms with Gasteiger partial charge >= 0.3 is 0 Å². The van der Waals surface area contributed by atoms with Crippen LogP contribution in [0.15, 0.2) is 24.3 Å². The quantitative estimate of drug-likeness (QED) is 0.619. The predicted molar refractivity (Wildman–Crippen MR) is 48.2 cm³/mol. The average molecular weight is 204 g/mol. The van der Waals surface area contributed by atoms with E-state index < -0.39 is 0 Å². The minimum atomic E-state index is -0.320. The first-order valence-corrected chi connectivity index (χ1v) is 4.03. The SMILES string of the molecule is Fc1ccc2cc(Cl)n(Cl)c2c1. The number of benzene rings is 1. The second-order valence-electron chi connectivity index (χ2n) is 2.45. The summed E-state index contributed by atoms with van der Waals surface area (Å²) < 4.78 is 13.9. The van der Waals surface area contributed by atoms with Gasteiger partial charge in [-0.25, -0.2) is 8.48 Å². The molecule has 1 heterocycles. The maximum absolute atomic E-state index is 12.7. The molecule has 1 aromatic heterocycles. The van der Waals surface area contributed by atoms with Crippen molar-refractivity contribution in [2.75, 3.05) is 0 Å². The van der Waals surface area contributed by atoms with Gasteiger partial charge in [-0.1, -0.05) is 11.6 Å². The summed E-state index contributed by atoms with van der Waals surface area (Å²) in [6.07, 6.45) is 0. The fourth-order valence-electron chi connectivity index (χ4n) is 1.11. The molecular formula is C8H4Cl2FN. The topological polar surface area (TPSA) is 4.93 Å². The summed E-state index contributed by atoms with van der Waals surface area (Å²) in [5.41, 5.74) is 0.585. The maximum Gasteiger partial charge on any atom is 0.125 e. The molecule has 0 atom stereocenters. The Hall–Kier alpha value is -0.730. The first-order chi connectivity index (χ1) is 5.68. The Morgan fingerprint density at radius 2 is 2.00 bits per heavy atom. The van der Waals surface area contributed by atoms with Crippen molar-refractivity contribution in [3.63, 3.8) is 0 Å². The molecule has 62 valence electrons. The lowest BCUT2D eigenvalue weighted by Gasteiger charge is -1.93. The van der Waals surface area contributed by atoms with E-state index >= 15 is 0 Å². The van der Waals surface area contributed by atoms with Crippen molar-refractivity contribution in [3.8, 4) is 0 Å². The number of fused-ring (bicyclic) bond motifs is 1. The second-order valence-corrected chi connectivity index (χ2v) is 3.18. The Morgan fingerprint density at radius 3 is 2.75 bits per heavy atom. The van der Waals surface area contributed by atoms with Gasteiger partial charge in [-0.3, -0.25) is 0 Å². The highest BCUT2D eigenvalue weighted by atomic mass is 35.5. The van der Waals surface area contributed by atoms with E-state index in [0.717, 1.165) is 5.39 Å².